The molecule has 0 amide bonds. The molecule has 0 unspecified atom stereocenters. The quantitative estimate of drug-likeness (QED) is 0.446. The van der Waals surface area contributed by atoms with Crippen LogP contribution in [0.4, 0.5) is 0 Å². The number of nitrogens with zero attached hydrogens (tertiary/aromatic N) is 2. The van der Waals surface area contributed by atoms with Crippen LogP contribution in [0.25, 0.3) is 0 Å². The first-order valence-electron chi connectivity index (χ1n) is 1.06. The van der Waals surface area contributed by atoms with E-state index in [0.717, 1.165) is 11.7 Å². The van der Waals surface area contributed by atoms with Gasteiger partial charge in [-0.05, 0) is 0 Å². The first-order chi connectivity index (χ1) is 2.50. The van der Waals surface area contributed by atoms with Crippen molar-refractivity contribution in [3.05, 3.63) is 12.4 Å². The van der Waals surface area contributed by atoms with Crippen LogP contribution in [0, 0.1) is 12.4 Å². The van der Waals surface area contributed by atoms with Crippen LogP contribution in [-0.4, -0.2) is 8.75 Å². The van der Waals surface area contributed by atoms with Crippen LogP contribution in [0.3, 0.4) is 0 Å². The Morgan fingerprint density at radius 3 is 2.00 bits per heavy atom. The molecule has 2 nitrogen and oxygen atoms in total. The molecular formula is C2N2S. The lowest BCUT2D eigenvalue weighted by atomic mass is 11.0. The van der Waals surface area contributed by atoms with Crippen molar-refractivity contribution < 1.29 is 0 Å². The van der Waals surface area contributed by atoms with Crippen molar-refractivity contribution >= 4 is 11.7 Å². The van der Waals surface area contributed by atoms with Crippen molar-refractivity contribution in [1.82, 2.24) is 8.75 Å². The zero-order valence-electron chi connectivity index (χ0n) is 2.30. The maximum Gasteiger partial charge on any atom is 0.136 e. The second-order valence-corrected chi connectivity index (χ2v) is 1.02. The largest absolute Gasteiger partial charge is 0.170 e. The van der Waals surface area contributed by atoms with Crippen LogP contribution >= 0.6 is 11.7 Å². The zero-order valence-corrected chi connectivity index (χ0v) is 3.12. The number of hydrogen-bond donors (Lipinski definition) is 0. The Kier molecular flexibility index (Phi) is 0.624. The van der Waals surface area contributed by atoms with E-state index in [1.807, 2.05) is 0 Å². The molecule has 0 spiro atoms. The molecule has 0 aliphatic heterocycles. The summed E-state index contributed by atoms with van der Waals surface area (Å²) in [6.45, 7) is 0. The maximum absolute atomic E-state index is 3.47. The minimum Gasteiger partial charge on any atom is -0.170 e. The van der Waals surface area contributed by atoms with Gasteiger partial charge in [0.2, 0.25) is 0 Å². The second kappa shape index (κ2) is 1.12. The summed E-state index contributed by atoms with van der Waals surface area (Å²) in [5, 5.41) is 0. The highest BCUT2D eigenvalue weighted by Crippen LogP contribution is 1.72. The van der Waals surface area contributed by atoms with Gasteiger partial charge in [-0.1, -0.05) is 0 Å². The van der Waals surface area contributed by atoms with Gasteiger partial charge in [0.25, 0.3) is 0 Å². The predicted molar refractivity (Wildman–Crippen MR) is 17.6 cm³/mol. The SMILES string of the molecule is [c]1[c]nsn1. The molecule has 0 atom stereocenters. The molecule has 0 bridgehead atoms. The fourth-order valence-corrected chi connectivity index (χ4v) is 0.306. The summed E-state index contributed by atoms with van der Waals surface area (Å²) in [5.74, 6) is 0. The molecule has 0 aromatic carbocycles. The van der Waals surface area contributed by atoms with E-state index in [9.17, 15) is 0 Å². The molecule has 2 radical (unpaired) electrons. The number of rotatable bonds is 0. The molecule has 24 valence electrons. The van der Waals surface area contributed by atoms with Crippen molar-refractivity contribution in [2.24, 2.45) is 0 Å². The summed E-state index contributed by atoms with van der Waals surface area (Å²) in [7, 11) is 0. The average molecular weight is 84.1 g/mol. The molecule has 1 aromatic rings. The fourth-order valence-electron chi connectivity index (χ4n) is 0.102. The van der Waals surface area contributed by atoms with Gasteiger partial charge in [-0.25, -0.2) is 0 Å². The lowest BCUT2D eigenvalue weighted by Crippen LogP contribution is -1.37. The monoisotopic (exact) mass is 84.0 g/mol. The van der Waals surface area contributed by atoms with E-state index >= 15 is 0 Å². The van der Waals surface area contributed by atoms with Crippen LogP contribution in [0.1, 0.15) is 0 Å². The third kappa shape index (κ3) is 0.417. The molecule has 0 aliphatic rings. The van der Waals surface area contributed by atoms with Gasteiger partial charge in [-0.3, -0.25) is 0 Å². The molecule has 0 N–H and O–H groups in total. The fraction of sp³-hybridized carbons (Fsp3) is 0. The second-order valence-electron chi connectivity index (χ2n) is 0.488. The van der Waals surface area contributed by atoms with Crippen LogP contribution < -0.4 is 0 Å². The van der Waals surface area contributed by atoms with Crippen molar-refractivity contribution in [2.45, 2.75) is 0 Å². The lowest BCUT2D eigenvalue weighted by Gasteiger charge is -1.38. The Balaban J connectivity index is 3.13. The third-order valence-corrected chi connectivity index (χ3v) is 0.569. The van der Waals surface area contributed by atoms with Crippen LogP contribution in [-0.2, 0) is 0 Å². The van der Waals surface area contributed by atoms with Gasteiger partial charge in [0.1, 0.15) is 12.4 Å². The maximum atomic E-state index is 3.47. The molecule has 0 saturated heterocycles. The summed E-state index contributed by atoms with van der Waals surface area (Å²) in [6.07, 6.45) is 4.79. The standard InChI is InChI=1S/C2N2S/c1-2-4-5-3-1. The van der Waals surface area contributed by atoms with E-state index in [4.69, 9.17) is 0 Å². The van der Waals surface area contributed by atoms with Gasteiger partial charge in [0.15, 0.2) is 0 Å². The molecule has 1 rings (SSSR count). The highest BCUT2D eigenvalue weighted by atomic mass is 32.1. The van der Waals surface area contributed by atoms with E-state index in [1.165, 1.54) is 0 Å². The average Bonchev–Trinajstić information content (AvgIpc) is 1.76. The van der Waals surface area contributed by atoms with E-state index in [1.54, 1.807) is 0 Å². The van der Waals surface area contributed by atoms with E-state index in [-0.39, 0.29) is 0 Å². The molecule has 5 heavy (non-hydrogen) atoms. The smallest absolute Gasteiger partial charge is 0.136 e. The van der Waals surface area contributed by atoms with Gasteiger partial charge < -0.3 is 0 Å². The van der Waals surface area contributed by atoms with Gasteiger partial charge in [0, 0.05) is 0 Å². The van der Waals surface area contributed by atoms with E-state index in [2.05, 4.69) is 21.1 Å². The summed E-state index contributed by atoms with van der Waals surface area (Å²) >= 11 is 1.10. The van der Waals surface area contributed by atoms with Crippen molar-refractivity contribution in [1.29, 1.82) is 0 Å². The van der Waals surface area contributed by atoms with Crippen molar-refractivity contribution in [3.8, 4) is 0 Å². The summed E-state index contributed by atoms with van der Waals surface area (Å²) in [4.78, 5) is 0. The zero-order chi connectivity index (χ0) is 3.54. The van der Waals surface area contributed by atoms with Crippen LogP contribution in [0.5, 0.6) is 0 Å². The minimum absolute atomic E-state index is 1.10. The number of aromatic nitrogens is 2. The highest BCUT2D eigenvalue weighted by molar-refractivity contribution is 6.98. The molecule has 3 heteroatoms. The van der Waals surface area contributed by atoms with Gasteiger partial charge in [-0.2, -0.15) is 8.75 Å². The molecule has 0 aliphatic carbocycles. The van der Waals surface area contributed by atoms with Crippen LogP contribution in [0.2, 0.25) is 0 Å². The Morgan fingerprint density at radius 2 is 1.80 bits per heavy atom. The molecule has 0 fully saturated rings. The molecule has 0 saturated carbocycles. The topological polar surface area (TPSA) is 25.8 Å². The minimum atomic E-state index is 1.10. The van der Waals surface area contributed by atoms with Gasteiger partial charge in [-0.15, -0.1) is 0 Å². The Morgan fingerprint density at radius 1 is 1.20 bits per heavy atom. The molecule has 1 heterocycles. The normalized spacial score (nSPS) is 8.00. The summed E-state index contributed by atoms with van der Waals surface area (Å²) in [6, 6.07) is 0. The predicted octanol–water partition coefficient (Wildman–Crippen LogP) is 0.138. The first kappa shape index (κ1) is 2.78. The Bertz CT molecular complexity index is 64.1. The summed E-state index contributed by atoms with van der Waals surface area (Å²) < 4.78 is 6.94. The summed E-state index contributed by atoms with van der Waals surface area (Å²) in [5.41, 5.74) is 0. The Hall–Kier alpha value is -0.440. The van der Waals surface area contributed by atoms with Crippen molar-refractivity contribution in [3.63, 3.8) is 0 Å². The highest BCUT2D eigenvalue weighted by Gasteiger charge is 1.64. The van der Waals surface area contributed by atoms with Crippen molar-refractivity contribution in [2.75, 3.05) is 0 Å². The first-order valence-corrected chi connectivity index (χ1v) is 1.79. The lowest BCUT2D eigenvalue weighted by molar-refractivity contribution is 1.49. The molecule has 1 aromatic heterocycles. The van der Waals surface area contributed by atoms with Crippen LogP contribution in [0.15, 0.2) is 0 Å². The van der Waals surface area contributed by atoms with Gasteiger partial charge >= 0.3 is 0 Å². The number of hydrogen-bond acceptors (Lipinski definition) is 3. The third-order valence-electron chi connectivity index (χ3n) is 0.223. The Labute approximate surface area is 33.8 Å². The van der Waals surface area contributed by atoms with Gasteiger partial charge in [0.05, 0.1) is 11.7 Å². The molecular weight excluding hydrogens is 84.1 g/mol. The van der Waals surface area contributed by atoms with E-state index < -0.39 is 0 Å². The van der Waals surface area contributed by atoms with E-state index in [0.29, 0.717) is 0 Å².